The number of nitrogens with two attached hydrogens (primary N) is 2. The second kappa shape index (κ2) is 12.0. The van der Waals surface area contributed by atoms with E-state index in [1.165, 1.54) is 11.1 Å². The van der Waals surface area contributed by atoms with Crippen LogP contribution in [0.1, 0.15) is 22.4 Å². The molecule has 8 N–H and O–H groups in total. The third kappa shape index (κ3) is 9.06. The first kappa shape index (κ1) is 25.3. The minimum Gasteiger partial charge on any atom is -0.473 e. The third-order valence-corrected chi connectivity index (χ3v) is 4.74. The predicted octanol–water partition coefficient (Wildman–Crippen LogP) is 0.912. The van der Waals surface area contributed by atoms with E-state index < -0.39 is 23.9 Å². The highest BCUT2D eigenvalue weighted by Gasteiger charge is 2.15. The number of aliphatic carboxylic acids is 4. The molecule has 12 heteroatoms. The van der Waals surface area contributed by atoms with E-state index in [9.17, 15) is 0 Å². The summed E-state index contributed by atoms with van der Waals surface area (Å²) in [6, 6.07) is 10.6. The number of benzene rings is 1. The summed E-state index contributed by atoms with van der Waals surface area (Å²) >= 11 is 1.60. The Hall–Kier alpha value is -3.77. The summed E-state index contributed by atoms with van der Waals surface area (Å²) in [6.07, 6.45) is 3.09. The molecule has 1 atom stereocenters. The summed E-state index contributed by atoms with van der Waals surface area (Å²) in [5.74, 6) is -6.72. The van der Waals surface area contributed by atoms with Crippen LogP contribution >= 0.6 is 11.3 Å². The van der Waals surface area contributed by atoms with Gasteiger partial charge >= 0.3 is 23.9 Å². The summed E-state index contributed by atoms with van der Waals surface area (Å²) in [5.41, 5.74) is 15.7. The van der Waals surface area contributed by atoms with Crippen molar-refractivity contribution >= 4 is 46.7 Å². The maximum absolute atomic E-state index is 9.10. The quantitative estimate of drug-likeness (QED) is 0.215. The van der Waals surface area contributed by atoms with Gasteiger partial charge in [0.15, 0.2) is 0 Å². The molecule has 0 radical (unpaired) electrons. The molecule has 1 unspecified atom stereocenters. The fraction of sp³-hybridized carbons (Fsp3) is 0.211. The van der Waals surface area contributed by atoms with Crippen molar-refractivity contribution in [2.75, 3.05) is 0 Å². The molecule has 166 valence electrons. The first-order valence-electron chi connectivity index (χ1n) is 8.69. The van der Waals surface area contributed by atoms with Crippen LogP contribution in [0.2, 0.25) is 0 Å². The molecular weight excluding hydrogens is 430 g/mol. The van der Waals surface area contributed by atoms with Gasteiger partial charge in [-0.15, -0.1) is 11.3 Å². The van der Waals surface area contributed by atoms with Gasteiger partial charge in [-0.05, 0) is 54.0 Å². The number of thiophene rings is 1. The summed E-state index contributed by atoms with van der Waals surface area (Å²) in [6.45, 7) is 0. The predicted molar refractivity (Wildman–Crippen MR) is 112 cm³/mol. The Morgan fingerprint density at radius 1 is 0.935 bits per heavy atom. The molecule has 0 saturated heterocycles. The average molecular weight is 451 g/mol. The van der Waals surface area contributed by atoms with Gasteiger partial charge in [-0.1, -0.05) is 12.1 Å². The number of nitrogens with zero attached hydrogens (tertiary/aromatic N) is 1. The number of hydrogen-bond donors (Lipinski definition) is 6. The van der Waals surface area contributed by atoms with E-state index >= 15 is 0 Å². The fourth-order valence-corrected chi connectivity index (χ4v) is 3.09. The van der Waals surface area contributed by atoms with Gasteiger partial charge < -0.3 is 31.9 Å². The van der Waals surface area contributed by atoms with Crippen LogP contribution in [0.15, 0.2) is 40.7 Å². The molecule has 0 saturated carbocycles. The van der Waals surface area contributed by atoms with Gasteiger partial charge in [0.05, 0.1) is 10.6 Å². The molecule has 31 heavy (non-hydrogen) atoms. The lowest BCUT2D eigenvalue weighted by molar-refractivity contribution is -0.159. The van der Waals surface area contributed by atoms with Crippen molar-refractivity contribution in [3.8, 4) is 0 Å². The van der Waals surface area contributed by atoms with E-state index in [2.05, 4.69) is 17.1 Å². The van der Waals surface area contributed by atoms with Crippen molar-refractivity contribution in [2.24, 2.45) is 16.5 Å². The number of amidine groups is 1. The zero-order chi connectivity index (χ0) is 23.6. The van der Waals surface area contributed by atoms with Gasteiger partial charge in [-0.3, -0.25) is 0 Å². The molecule has 0 aliphatic heterocycles. The van der Waals surface area contributed by atoms with Crippen LogP contribution in [0.5, 0.6) is 0 Å². The molecule has 0 fully saturated rings. The van der Waals surface area contributed by atoms with Gasteiger partial charge in [0.25, 0.3) is 0 Å². The molecule has 1 aromatic heterocycles. The summed E-state index contributed by atoms with van der Waals surface area (Å²) in [5, 5.41) is 31.6. The number of carbonyl (C=O) groups is 4. The topological polar surface area (TPSA) is 214 Å². The second-order valence-corrected chi connectivity index (χ2v) is 7.10. The van der Waals surface area contributed by atoms with Crippen LogP contribution < -0.4 is 11.5 Å². The van der Waals surface area contributed by atoms with E-state index in [4.69, 9.17) is 51.1 Å². The Bertz CT molecular complexity index is 925. The Kier molecular flexibility index (Phi) is 9.82. The van der Waals surface area contributed by atoms with E-state index in [1.54, 1.807) is 11.3 Å². The van der Waals surface area contributed by atoms with Gasteiger partial charge in [0.1, 0.15) is 5.84 Å². The fourth-order valence-electron chi connectivity index (χ4n) is 2.46. The minimum atomic E-state index is -1.82. The molecule has 0 amide bonds. The van der Waals surface area contributed by atoms with Crippen molar-refractivity contribution in [3.05, 3.63) is 51.7 Å². The van der Waals surface area contributed by atoms with Gasteiger partial charge in [-0.2, -0.15) is 0 Å². The second-order valence-electron chi connectivity index (χ2n) is 6.15. The van der Waals surface area contributed by atoms with E-state index in [-0.39, 0.29) is 6.04 Å². The minimum absolute atomic E-state index is 0.279. The van der Waals surface area contributed by atoms with Crippen molar-refractivity contribution < 1.29 is 39.6 Å². The smallest absolute Gasteiger partial charge is 0.414 e. The first-order valence-corrected chi connectivity index (χ1v) is 9.57. The lowest BCUT2D eigenvalue weighted by Crippen LogP contribution is -2.27. The molecule has 1 aliphatic carbocycles. The zero-order valence-electron chi connectivity index (χ0n) is 16.1. The SMILES string of the molecule is NC(=Nc1ccc2c(c1)CC(N)CC2)c1cccs1.O=C(O)C(=O)O.O=C(O)C(=O)O. The van der Waals surface area contributed by atoms with Crippen LogP contribution in [-0.2, 0) is 32.0 Å². The summed E-state index contributed by atoms with van der Waals surface area (Å²) < 4.78 is 0. The van der Waals surface area contributed by atoms with Crippen molar-refractivity contribution in [1.82, 2.24) is 0 Å². The van der Waals surface area contributed by atoms with Crippen LogP contribution in [0.4, 0.5) is 5.69 Å². The molecular formula is C19H21N3O8S. The molecule has 1 heterocycles. The molecule has 2 aromatic rings. The molecule has 1 aliphatic rings. The Labute approximate surface area is 180 Å². The number of aliphatic imine (C=N–C) groups is 1. The number of carboxylic acid groups (broad SMARTS) is 4. The normalized spacial score (nSPS) is 14.6. The standard InChI is InChI=1S/C15H17N3S.2C2H2O4/c16-12-5-3-10-4-6-13(9-11(10)8-12)18-15(17)14-2-1-7-19-14;2*3-1(4)2(5)6/h1-2,4,6-7,9,12H,3,5,8,16H2,(H2,17,18);2*(H,3,4)(H,5,6). The number of fused-ring (bicyclic) bond motifs is 1. The van der Waals surface area contributed by atoms with Crippen LogP contribution in [0.25, 0.3) is 0 Å². The monoisotopic (exact) mass is 451 g/mol. The van der Waals surface area contributed by atoms with Crippen molar-refractivity contribution in [1.29, 1.82) is 0 Å². The number of rotatable bonds is 2. The Morgan fingerprint density at radius 2 is 1.52 bits per heavy atom. The largest absolute Gasteiger partial charge is 0.473 e. The molecule has 1 aromatic carbocycles. The lowest BCUT2D eigenvalue weighted by Gasteiger charge is -2.21. The van der Waals surface area contributed by atoms with Gasteiger partial charge in [0.2, 0.25) is 0 Å². The summed E-state index contributed by atoms with van der Waals surface area (Å²) in [4.78, 5) is 41.9. The molecule has 11 nitrogen and oxygen atoms in total. The highest BCUT2D eigenvalue weighted by Crippen LogP contribution is 2.25. The summed E-state index contributed by atoms with van der Waals surface area (Å²) in [7, 11) is 0. The van der Waals surface area contributed by atoms with E-state index in [0.29, 0.717) is 5.84 Å². The van der Waals surface area contributed by atoms with Gasteiger partial charge in [-0.25, -0.2) is 24.2 Å². The highest BCUT2D eigenvalue weighted by molar-refractivity contribution is 7.12. The number of carboxylic acids is 4. The average Bonchev–Trinajstić information content (AvgIpc) is 3.23. The number of hydrogen-bond acceptors (Lipinski definition) is 7. The van der Waals surface area contributed by atoms with E-state index in [0.717, 1.165) is 29.8 Å². The van der Waals surface area contributed by atoms with Crippen molar-refractivity contribution in [2.45, 2.75) is 25.3 Å². The number of aryl methyl sites for hydroxylation is 1. The lowest BCUT2D eigenvalue weighted by atomic mass is 9.88. The highest BCUT2D eigenvalue weighted by atomic mass is 32.1. The maximum atomic E-state index is 9.10. The van der Waals surface area contributed by atoms with Crippen LogP contribution in [0.3, 0.4) is 0 Å². The first-order chi connectivity index (χ1) is 14.5. The molecule has 0 spiro atoms. The third-order valence-electron chi connectivity index (χ3n) is 3.85. The van der Waals surface area contributed by atoms with Gasteiger partial charge in [0, 0.05) is 6.04 Å². The maximum Gasteiger partial charge on any atom is 0.414 e. The van der Waals surface area contributed by atoms with Crippen LogP contribution in [-0.4, -0.2) is 56.2 Å². The zero-order valence-corrected chi connectivity index (χ0v) is 16.9. The Balaban J connectivity index is 0.000000333. The van der Waals surface area contributed by atoms with Crippen LogP contribution in [0, 0.1) is 0 Å². The van der Waals surface area contributed by atoms with E-state index in [1.807, 2.05) is 23.6 Å². The molecule has 0 bridgehead atoms. The van der Waals surface area contributed by atoms with Crippen molar-refractivity contribution in [3.63, 3.8) is 0 Å². The Morgan fingerprint density at radius 3 is 2.00 bits per heavy atom. The molecule has 3 rings (SSSR count).